The van der Waals surface area contributed by atoms with Crippen molar-refractivity contribution in [3.8, 4) is 11.1 Å². The third-order valence-electron chi connectivity index (χ3n) is 3.00. The molecule has 98 valence electrons. The number of carbonyl (C=O) groups is 1. The Kier molecular flexibility index (Phi) is 3.85. The van der Waals surface area contributed by atoms with Gasteiger partial charge in [0.2, 0.25) is 0 Å². The molecular weight excluding hydrogens is 236 g/mol. The molecule has 2 rings (SSSR count). The molecule has 3 nitrogen and oxygen atoms in total. The van der Waals surface area contributed by atoms with Crippen molar-refractivity contribution in [2.75, 3.05) is 26.5 Å². The van der Waals surface area contributed by atoms with Crippen LogP contribution in [0, 0.1) is 0 Å². The van der Waals surface area contributed by atoms with E-state index in [1.54, 1.807) is 19.0 Å². The Morgan fingerprint density at radius 1 is 1.00 bits per heavy atom. The SMILES string of the molecule is CNc1cccc(-c2cccc(C(=O)N(C)C)c2)c1. The van der Waals surface area contributed by atoms with Crippen LogP contribution in [0.2, 0.25) is 0 Å². The molecule has 0 saturated heterocycles. The third kappa shape index (κ3) is 2.94. The molecule has 0 bridgehead atoms. The van der Waals surface area contributed by atoms with Crippen molar-refractivity contribution >= 4 is 11.6 Å². The van der Waals surface area contributed by atoms with Crippen LogP contribution in [-0.2, 0) is 0 Å². The molecule has 0 fully saturated rings. The minimum Gasteiger partial charge on any atom is -0.388 e. The van der Waals surface area contributed by atoms with E-state index in [2.05, 4.69) is 11.4 Å². The van der Waals surface area contributed by atoms with E-state index in [9.17, 15) is 4.79 Å². The largest absolute Gasteiger partial charge is 0.388 e. The van der Waals surface area contributed by atoms with Crippen molar-refractivity contribution in [2.24, 2.45) is 0 Å². The topological polar surface area (TPSA) is 32.3 Å². The monoisotopic (exact) mass is 254 g/mol. The normalized spacial score (nSPS) is 10.1. The Balaban J connectivity index is 2.40. The molecule has 0 saturated carbocycles. The molecule has 2 aromatic carbocycles. The fourth-order valence-electron chi connectivity index (χ4n) is 1.94. The molecule has 0 aliphatic rings. The van der Waals surface area contributed by atoms with Crippen LogP contribution in [0.15, 0.2) is 48.5 Å². The summed E-state index contributed by atoms with van der Waals surface area (Å²) in [6.45, 7) is 0. The van der Waals surface area contributed by atoms with Crippen LogP contribution in [0.1, 0.15) is 10.4 Å². The maximum Gasteiger partial charge on any atom is 0.253 e. The molecular formula is C16H18N2O. The van der Waals surface area contributed by atoms with Crippen LogP contribution in [-0.4, -0.2) is 32.0 Å². The number of nitrogens with one attached hydrogen (secondary N) is 1. The van der Waals surface area contributed by atoms with E-state index < -0.39 is 0 Å². The van der Waals surface area contributed by atoms with Crippen LogP contribution in [0.25, 0.3) is 11.1 Å². The Hall–Kier alpha value is -2.29. The van der Waals surface area contributed by atoms with Crippen molar-refractivity contribution in [3.63, 3.8) is 0 Å². The zero-order valence-electron chi connectivity index (χ0n) is 11.5. The van der Waals surface area contributed by atoms with Gasteiger partial charge in [-0.05, 0) is 35.4 Å². The average Bonchev–Trinajstić information content (AvgIpc) is 2.46. The molecule has 2 aromatic rings. The number of rotatable bonds is 3. The fraction of sp³-hybridized carbons (Fsp3) is 0.188. The highest BCUT2D eigenvalue weighted by atomic mass is 16.2. The maximum absolute atomic E-state index is 12.0. The van der Waals surface area contributed by atoms with Gasteiger partial charge in [-0.2, -0.15) is 0 Å². The van der Waals surface area contributed by atoms with Gasteiger partial charge in [0.25, 0.3) is 5.91 Å². The number of nitrogens with zero attached hydrogens (tertiary/aromatic N) is 1. The number of hydrogen-bond acceptors (Lipinski definition) is 2. The van der Waals surface area contributed by atoms with E-state index in [-0.39, 0.29) is 5.91 Å². The molecule has 0 radical (unpaired) electrons. The van der Waals surface area contributed by atoms with Gasteiger partial charge in [-0.15, -0.1) is 0 Å². The summed E-state index contributed by atoms with van der Waals surface area (Å²) in [5.41, 5.74) is 3.91. The lowest BCUT2D eigenvalue weighted by Gasteiger charge is -2.11. The number of benzene rings is 2. The number of hydrogen-bond donors (Lipinski definition) is 1. The summed E-state index contributed by atoms with van der Waals surface area (Å²) >= 11 is 0. The van der Waals surface area contributed by atoms with E-state index in [1.165, 1.54) is 0 Å². The van der Waals surface area contributed by atoms with Gasteiger partial charge in [-0.25, -0.2) is 0 Å². The van der Waals surface area contributed by atoms with Gasteiger partial charge in [0.15, 0.2) is 0 Å². The lowest BCUT2D eigenvalue weighted by molar-refractivity contribution is 0.0827. The molecule has 1 N–H and O–H groups in total. The van der Waals surface area contributed by atoms with E-state index in [0.29, 0.717) is 5.56 Å². The lowest BCUT2D eigenvalue weighted by atomic mass is 10.0. The van der Waals surface area contributed by atoms with Gasteiger partial charge >= 0.3 is 0 Å². The number of anilines is 1. The van der Waals surface area contributed by atoms with Gasteiger partial charge < -0.3 is 10.2 Å². The summed E-state index contributed by atoms with van der Waals surface area (Å²) in [6, 6.07) is 15.8. The lowest BCUT2D eigenvalue weighted by Crippen LogP contribution is -2.21. The summed E-state index contributed by atoms with van der Waals surface area (Å²) in [5.74, 6) is 0.0200. The van der Waals surface area contributed by atoms with E-state index >= 15 is 0 Å². The second kappa shape index (κ2) is 5.57. The first-order valence-electron chi connectivity index (χ1n) is 6.21. The highest BCUT2D eigenvalue weighted by molar-refractivity contribution is 5.95. The van der Waals surface area contributed by atoms with Crippen molar-refractivity contribution in [3.05, 3.63) is 54.1 Å². The standard InChI is InChI=1S/C16H18N2O/c1-17-15-9-5-7-13(11-15)12-6-4-8-14(10-12)16(19)18(2)3/h4-11,17H,1-3H3. The highest BCUT2D eigenvalue weighted by Gasteiger charge is 2.08. The predicted molar refractivity (Wildman–Crippen MR) is 79.4 cm³/mol. The van der Waals surface area contributed by atoms with E-state index in [0.717, 1.165) is 16.8 Å². The van der Waals surface area contributed by atoms with Gasteiger partial charge in [-0.1, -0.05) is 24.3 Å². The molecule has 0 aliphatic heterocycles. The molecule has 0 atom stereocenters. The molecule has 0 aromatic heterocycles. The summed E-state index contributed by atoms with van der Waals surface area (Å²) in [6.07, 6.45) is 0. The summed E-state index contributed by atoms with van der Waals surface area (Å²) in [5, 5.41) is 3.12. The minimum atomic E-state index is 0.0200. The van der Waals surface area contributed by atoms with Gasteiger partial charge in [0.1, 0.15) is 0 Å². The number of amides is 1. The summed E-state index contributed by atoms with van der Waals surface area (Å²) in [7, 11) is 5.42. The Morgan fingerprint density at radius 3 is 2.26 bits per heavy atom. The van der Waals surface area contributed by atoms with E-state index in [4.69, 9.17) is 0 Å². The maximum atomic E-state index is 12.0. The minimum absolute atomic E-state index is 0.0200. The van der Waals surface area contributed by atoms with Crippen LogP contribution in [0.3, 0.4) is 0 Å². The first-order valence-corrected chi connectivity index (χ1v) is 6.21. The van der Waals surface area contributed by atoms with Crippen molar-refractivity contribution in [1.82, 2.24) is 4.90 Å². The zero-order valence-corrected chi connectivity index (χ0v) is 11.5. The number of carbonyl (C=O) groups excluding carboxylic acids is 1. The molecule has 0 heterocycles. The molecule has 19 heavy (non-hydrogen) atoms. The third-order valence-corrected chi connectivity index (χ3v) is 3.00. The molecule has 0 unspecified atom stereocenters. The molecule has 3 heteroatoms. The Bertz CT molecular complexity index is 591. The van der Waals surface area contributed by atoms with Gasteiger partial charge in [-0.3, -0.25) is 4.79 Å². The van der Waals surface area contributed by atoms with Crippen LogP contribution >= 0.6 is 0 Å². The smallest absolute Gasteiger partial charge is 0.253 e. The van der Waals surface area contributed by atoms with Crippen molar-refractivity contribution in [1.29, 1.82) is 0 Å². The first-order chi connectivity index (χ1) is 9.11. The van der Waals surface area contributed by atoms with Crippen LogP contribution < -0.4 is 5.32 Å². The summed E-state index contributed by atoms with van der Waals surface area (Å²) < 4.78 is 0. The fourth-order valence-corrected chi connectivity index (χ4v) is 1.94. The van der Waals surface area contributed by atoms with Gasteiger partial charge in [0, 0.05) is 32.4 Å². The van der Waals surface area contributed by atoms with Crippen LogP contribution in [0.4, 0.5) is 5.69 Å². The second-order valence-corrected chi connectivity index (χ2v) is 4.61. The van der Waals surface area contributed by atoms with Crippen LogP contribution in [0.5, 0.6) is 0 Å². The quantitative estimate of drug-likeness (QED) is 0.912. The molecule has 0 aliphatic carbocycles. The average molecular weight is 254 g/mol. The Labute approximate surface area is 113 Å². The Morgan fingerprint density at radius 2 is 1.63 bits per heavy atom. The van der Waals surface area contributed by atoms with Crippen molar-refractivity contribution < 1.29 is 4.79 Å². The van der Waals surface area contributed by atoms with Gasteiger partial charge in [0.05, 0.1) is 0 Å². The zero-order chi connectivity index (χ0) is 13.8. The van der Waals surface area contributed by atoms with E-state index in [1.807, 2.05) is 49.5 Å². The second-order valence-electron chi connectivity index (χ2n) is 4.61. The predicted octanol–water partition coefficient (Wildman–Crippen LogP) is 3.10. The summed E-state index contributed by atoms with van der Waals surface area (Å²) in [4.78, 5) is 13.6. The molecule has 1 amide bonds. The first kappa shape index (κ1) is 13.1. The highest BCUT2D eigenvalue weighted by Crippen LogP contribution is 2.23. The van der Waals surface area contributed by atoms with Crippen molar-refractivity contribution in [2.45, 2.75) is 0 Å². The molecule has 0 spiro atoms.